The fourth-order valence-electron chi connectivity index (χ4n) is 2.22. The molecule has 1 amide bonds. The minimum absolute atomic E-state index is 0.116. The molecule has 0 unspecified atom stereocenters. The third-order valence-corrected chi connectivity index (χ3v) is 4.69. The molecular formula is C12H25N3O3S. The van der Waals surface area contributed by atoms with Crippen LogP contribution in [0, 0.1) is 5.92 Å². The monoisotopic (exact) mass is 291 g/mol. The number of hydrogen-bond acceptors (Lipinski definition) is 4. The first-order valence-corrected chi connectivity index (χ1v) is 8.54. The van der Waals surface area contributed by atoms with E-state index in [4.69, 9.17) is 0 Å². The maximum Gasteiger partial charge on any atom is 0.235 e. The van der Waals surface area contributed by atoms with Gasteiger partial charge in [0, 0.05) is 26.7 Å². The molecule has 1 aliphatic rings. The lowest BCUT2D eigenvalue weighted by Gasteiger charge is -2.30. The van der Waals surface area contributed by atoms with Gasteiger partial charge in [0.1, 0.15) is 0 Å². The Hall–Kier alpha value is -0.660. The van der Waals surface area contributed by atoms with E-state index >= 15 is 0 Å². The second-order valence-corrected chi connectivity index (χ2v) is 7.51. The number of amides is 1. The molecule has 0 radical (unpaired) electrons. The predicted octanol–water partition coefficient (Wildman–Crippen LogP) is -0.274. The lowest BCUT2D eigenvalue weighted by atomic mass is 10.0. The average molecular weight is 291 g/mol. The Morgan fingerprint density at radius 1 is 1.47 bits per heavy atom. The van der Waals surface area contributed by atoms with E-state index in [0.717, 1.165) is 36.1 Å². The number of carbonyl (C=O) groups excluding carboxylic acids is 1. The van der Waals surface area contributed by atoms with Crippen LogP contribution in [0.2, 0.25) is 0 Å². The van der Waals surface area contributed by atoms with Gasteiger partial charge in [-0.15, -0.1) is 0 Å². The van der Waals surface area contributed by atoms with Crippen LogP contribution in [0.25, 0.3) is 0 Å². The molecule has 0 aromatic heterocycles. The normalized spacial score (nSPS) is 21.6. The zero-order valence-electron chi connectivity index (χ0n) is 12.1. The standard InChI is InChI=1S/C12H25N3O3S/c1-11-5-4-7-15(9-11)8-6-13-12(16)10-14(2)19(3,17)18/h11H,4-10H2,1-3H3,(H,13,16)/t11-/m0/s1. The molecule has 0 aromatic carbocycles. The summed E-state index contributed by atoms with van der Waals surface area (Å²) in [5, 5.41) is 2.76. The summed E-state index contributed by atoms with van der Waals surface area (Å²) in [5.41, 5.74) is 0. The van der Waals surface area contributed by atoms with Crippen molar-refractivity contribution in [1.82, 2.24) is 14.5 Å². The van der Waals surface area contributed by atoms with Crippen LogP contribution in [0.15, 0.2) is 0 Å². The van der Waals surface area contributed by atoms with Crippen LogP contribution >= 0.6 is 0 Å². The molecule has 0 aliphatic carbocycles. The molecule has 1 aliphatic heterocycles. The van der Waals surface area contributed by atoms with E-state index in [9.17, 15) is 13.2 Å². The first-order chi connectivity index (χ1) is 8.79. The van der Waals surface area contributed by atoms with E-state index < -0.39 is 10.0 Å². The van der Waals surface area contributed by atoms with E-state index in [-0.39, 0.29) is 12.5 Å². The third-order valence-electron chi connectivity index (χ3n) is 3.42. The molecule has 1 atom stereocenters. The Kier molecular flexibility index (Phi) is 6.22. The summed E-state index contributed by atoms with van der Waals surface area (Å²) in [5.74, 6) is 0.471. The highest BCUT2D eigenvalue weighted by Crippen LogP contribution is 2.14. The molecule has 0 spiro atoms. The van der Waals surface area contributed by atoms with Gasteiger partial charge in [0.05, 0.1) is 12.8 Å². The van der Waals surface area contributed by atoms with Crippen LogP contribution in [-0.2, 0) is 14.8 Å². The zero-order valence-corrected chi connectivity index (χ0v) is 12.9. The summed E-state index contributed by atoms with van der Waals surface area (Å²) in [6.07, 6.45) is 3.59. The number of carbonyl (C=O) groups is 1. The molecular weight excluding hydrogens is 266 g/mol. The van der Waals surface area contributed by atoms with Gasteiger partial charge < -0.3 is 10.2 Å². The van der Waals surface area contributed by atoms with Gasteiger partial charge in [-0.05, 0) is 25.3 Å². The molecule has 1 N–H and O–H groups in total. The smallest absolute Gasteiger partial charge is 0.235 e. The number of likely N-dealkylation sites (N-methyl/N-ethyl adjacent to an activating group) is 1. The molecule has 0 bridgehead atoms. The highest BCUT2D eigenvalue weighted by atomic mass is 32.2. The predicted molar refractivity (Wildman–Crippen MR) is 75.3 cm³/mol. The lowest BCUT2D eigenvalue weighted by Crippen LogP contribution is -2.43. The van der Waals surface area contributed by atoms with Gasteiger partial charge in [-0.25, -0.2) is 8.42 Å². The number of nitrogens with one attached hydrogen (secondary N) is 1. The quantitative estimate of drug-likeness (QED) is 0.731. The SMILES string of the molecule is C[C@H]1CCCN(CCNC(=O)CN(C)S(C)(=O)=O)C1. The molecule has 1 saturated heterocycles. The first kappa shape index (κ1) is 16.4. The van der Waals surface area contributed by atoms with Gasteiger partial charge in [0.2, 0.25) is 15.9 Å². The van der Waals surface area contributed by atoms with Gasteiger partial charge in [-0.2, -0.15) is 4.31 Å². The summed E-state index contributed by atoms with van der Waals surface area (Å²) < 4.78 is 23.4. The Bertz CT molecular complexity index is 397. The fraction of sp³-hybridized carbons (Fsp3) is 0.917. The van der Waals surface area contributed by atoms with Gasteiger partial charge in [0.25, 0.3) is 0 Å². The molecule has 0 aromatic rings. The molecule has 1 fully saturated rings. The number of piperidine rings is 1. The van der Waals surface area contributed by atoms with Crippen LogP contribution < -0.4 is 5.32 Å². The van der Waals surface area contributed by atoms with E-state index in [0.29, 0.717) is 6.54 Å². The van der Waals surface area contributed by atoms with Gasteiger partial charge in [0.15, 0.2) is 0 Å². The number of sulfonamides is 1. The number of rotatable bonds is 6. The highest BCUT2D eigenvalue weighted by molar-refractivity contribution is 7.88. The molecule has 1 heterocycles. The summed E-state index contributed by atoms with van der Waals surface area (Å²) in [4.78, 5) is 13.9. The summed E-state index contributed by atoms with van der Waals surface area (Å²) in [6.45, 7) is 5.70. The van der Waals surface area contributed by atoms with E-state index in [1.54, 1.807) is 0 Å². The minimum Gasteiger partial charge on any atom is -0.354 e. The van der Waals surface area contributed by atoms with Crippen molar-refractivity contribution in [1.29, 1.82) is 0 Å². The van der Waals surface area contributed by atoms with Crippen molar-refractivity contribution in [2.75, 3.05) is 46.0 Å². The molecule has 112 valence electrons. The topological polar surface area (TPSA) is 69.7 Å². The third kappa shape index (κ3) is 6.35. The largest absolute Gasteiger partial charge is 0.354 e. The zero-order chi connectivity index (χ0) is 14.5. The summed E-state index contributed by atoms with van der Waals surface area (Å²) >= 11 is 0. The molecule has 0 saturated carbocycles. The van der Waals surface area contributed by atoms with Crippen LogP contribution in [0.5, 0.6) is 0 Å². The molecule has 7 heteroatoms. The molecule has 6 nitrogen and oxygen atoms in total. The Morgan fingerprint density at radius 2 is 2.16 bits per heavy atom. The van der Waals surface area contributed by atoms with Gasteiger partial charge >= 0.3 is 0 Å². The highest BCUT2D eigenvalue weighted by Gasteiger charge is 2.17. The van der Waals surface area contributed by atoms with Crippen molar-refractivity contribution in [3.63, 3.8) is 0 Å². The van der Waals surface area contributed by atoms with Crippen LogP contribution in [0.3, 0.4) is 0 Å². The Morgan fingerprint density at radius 3 is 2.74 bits per heavy atom. The van der Waals surface area contributed by atoms with Gasteiger partial charge in [-0.1, -0.05) is 6.92 Å². The molecule has 19 heavy (non-hydrogen) atoms. The maximum absolute atomic E-state index is 11.6. The fourth-order valence-corrected chi connectivity index (χ4v) is 2.57. The minimum atomic E-state index is -3.29. The Balaban J connectivity index is 2.20. The average Bonchev–Trinajstić information content (AvgIpc) is 2.27. The van der Waals surface area contributed by atoms with E-state index in [2.05, 4.69) is 17.1 Å². The van der Waals surface area contributed by atoms with E-state index in [1.165, 1.54) is 19.9 Å². The molecule has 1 rings (SSSR count). The summed E-state index contributed by atoms with van der Waals surface area (Å²) in [7, 11) is -1.88. The lowest BCUT2D eigenvalue weighted by molar-refractivity contribution is -0.121. The van der Waals surface area contributed by atoms with Crippen molar-refractivity contribution >= 4 is 15.9 Å². The Labute approximate surface area is 116 Å². The number of likely N-dealkylation sites (tertiary alicyclic amines) is 1. The van der Waals surface area contributed by atoms with E-state index in [1.807, 2.05) is 0 Å². The van der Waals surface area contributed by atoms with Crippen molar-refractivity contribution < 1.29 is 13.2 Å². The number of hydrogen-bond donors (Lipinski definition) is 1. The number of nitrogens with zero attached hydrogens (tertiary/aromatic N) is 2. The van der Waals surface area contributed by atoms with Gasteiger partial charge in [-0.3, -0.25) is 4.79 Å². The second-order valence-electron chi connectivity index (χ2n) is 5.42. The second kappa shape index (κ2) is 7.21. The van der Waals surface area contributed by atoms with Crippen LogP contribution in [0.1, 0.15) is 19.8 Å². The van der Waals surface area contributed by atoms with Crippen LogP contribution in [0.4, 0.5) is 0 Å². The van der Waals surface area contributed by atoms with Crippen LogP contribution in [-0.4, -0.2) is 69.6 Å². The maximum atomic E-state index is 11.6. The van der Waals surface area contributed by atoms with Crippen molar-refractivity contribution in [3.05, 3.63) is 0 Å². The van der Waals surface area contributed by atoms with Crippen molar-refractivity contribution in [2.24, 2.45) is 5.92 Å². The first-order valence-electron chi connectivity index (χ1n) is 6.69. The van der Waals surface area contributed by atoms with Crippen molar-refractivity contribution in [3.8, 4) is 0 Å². The van der Waals surface area contributed by atoms with Crippen molar-refractivity contribution in [2.45, 2.75) is 19.8 Å². The summed E-state index contributed by atoms with van der Waals surface area (Å²) in [6, 6.07) is 0.